The number of piperidine rings is 1. The lowest BCUT2D eigenvalue weighted by molar-refractivity contribution is 0.0968. The van der Waals surface area contributed by atoms with E-state index in [-0.39, 0.29) is 5.78 Å². The zero-order valence-corrected chi connectivity index (χ0v) is 12.8. The summed E-state index contributed by atoms with van der Waals surface area (Å²) in [7, 11) is 0. The molecule has 0 amide bonds. The van der Waals surface area contributed by atoms with E-state index in [1.807, 2.05) is 0 Å². The summed E-state index contributed by atoms with van der Waals surface area (Å²) >= 11 is 1.75. The number of hydrogen-bond donors (Lipinski definition) is 0. The monoisotopic (exact) mass is 278 g/mol. The van der Waals surface area contributed by atoms with Gasteiger partial charge >= 0.3 is 0 Å². The number of carbonyl (C=O) groups excluding carboxylic acids is 1. The lowest BCUT2D eigenvalue weighted by Crippen LogP contribution is -2.45. The Labute approximate surface area is 119 Å². The van der Waals surface area contributed by atoms with Gasteiger partial charge in [0.25, 0.3) is 0 Å². The molecule has 3 nitrogen and oxygen atoms in total. The fourth-order valence-electron chi connectivity index (χ4n) is 3.35. The van der Waals surface area contributed by atoms with Crippen LogP contribution in [0.3, 0.4) is 0 Å². The van der Waals surface area contributed by atoms with E-state index in [9.17, 15) is 4.79 Å². The Morgan fingerprint density at radius 2 is 2.05 bits per heavy atom. The first kappa shape index (κ1) is 13.1. The lowest BCUT2D eigenvalue weighted by atomic mass is 9.86. The van der Waals surface area contributed by atoms with Crippen molar-refractivity contribution in [3.05, 3.63) is 10.6 Å². The third kappa shape index (κ3) is 2.31. The average molecular weight is 278 g/mol. The highest BCUT2D eigenvalue weighted by Gasteiger charge is 2.32. The molecule has 3 unspecified atom stereocenters. The molecule has 1 aromatic heterocycles. The van der Waals surface area contributed by atoms with Crippen molar-refractivity contribution in [1.82, 2.24) is 4.98 Å². The van der Waals surface area contributed by atoms with E-state index in [1.165, 1.54) is 11.3 Å². The molecule has 1 aromatic rings. The number of aromatic nitrogens is 1. The zero-order valence-electron chi connectivity index (χ0n) is 12.0. The minimum atomic E-state index is 0.245. The molecular formula is C15H22N2OS. The van der Waals surface area contributed by atoms with E-state index in [4.69, 9.17) is 0 Å². The highest BCUT2D eigenvalue weighted by Crippen LogP contribution is 2.37. The number of anilines is 1. The van der Waals surface area contributed by atoms with E-state index >= 15 is 0 Å². The quantitative estimate of drug-likeness (QED) is 0.788. The predicted octanol–water partition coefficient (Wildman–Crippen LogP) is 3.53. The van der Waals surface area contributed by atoms with Gasteiger partial charge in [0.2, 0.25) is 0 Å². The van der Waals surface area contributed by atoms with Gasteiger partial charge in [-0.2, -0.15) is 0 Å². The van der Waals surface area contributed by atoms with Crippen LogP contribution in [0, 0.1) is 11.8 Å². The van der Waals surface area contributed by atoms with Crippen LogP contribution in [0.2, 0.25) is 0 Å². The second-order valence-corrected chi connectivity index (χ2v) is 7.32. The Bertz CT molecular complexity index is 496. The number of rotatable bonds is 1. The van der Waals surface area contributed by atoms with Crippen molar-refractivity contribution >= 4 is 22.3 Å². The molecule has 1 saturated heterocycles. The molecule has 104 valence electrons. The molecule has 1 fully saturated rings. The molecule has 0 radical (unpaired) electrons. The highest BCUT2D eigenvalue weighted by atomic mass is 32.1. The summed E-state index contributed by atoms with van der Waals surface area (Å²) in [5.41, 5.74) is 0.768. The van der Waals surface area contributed by atoms with Crippen LogP contribution in [-0.2, 0) is 6.42 Å². The molecule has 0 aromatic carbocycles. The van der Waals surface area contributed by atoms with Crippen molar-refractivity contribution in [1.29, 1.82) is 0 Å². The molecule has 2 aliphatic rings. The van der Waals surface area contributed by atoms with Crippen molar-refractivity contribution in [2.75, 3.05) is 11.4 Å². The molecular weight excluding hydrogens is 256 g/mol. The average Bonchev–Trinajstić information content (AvgIpc) is 2.79. The number of Topliss-reactive ketones (excluding diaryl/α,β-unsaturated/α-hetero) is 1. The SMILES string of the molecule is CC1CC(C)C(C)N(c2nc3c(s2)CCCC3=O)C1. The second kappa shape index (κ2) is 4.89. The van der Waals surface area contributed by atoms with Crippen LogP contribution >= 0.6 is 11.3 Å². The van der Waals surface area contributed by atoms with E-state index in [0.29, 0.717) is 24.3 Å². The van der Waals surface area contributed by atoms with Gasteiger partial charge in [-0.15, -0.1) is 11.3 Å². The van der Waals surface area contributed by atoms with Gasteiger partial charge in [0.05, 0.1) is 0 Å². The van der Waals surface area contributed by atoms with Crippen LogP contribution in [0.15, 0.2) is 0 Å². The molecule has 19 heavy (non-hydrogen) atoms. The van der Waals surface area contributed by atoms with Gasteiger partial charge in [0, 0.05) is 23.9 Å². The van der Waals surface area contributed by atoms with Crippen LogP contribution in [0.1, 0.15) is 55.4 Å². The Balaban J connectivity index is 1.91. The zero-order chi connectivity index (χ0) is 13.6. The molecule has 2 heterocycles. The van der Waals surface area contributed by atoms with E-state index < -0.39 is 0 Å². The van der Waals surface area contributed by atoms with Crippen LogP contribution in [-0.4, -0.2) is 23.4 Å². The highest BCUT2D eigenvalue weighted by molar-refractivity contribution is 7.16. The maximum atomic E-state index is 11.9. The van der Waals surface area contributed by atoms with Crippen molar-refractivity contribution in [2.45, 2.75) is 52.5 Å². The molecule has 1 aliphatic carbocycles. The van der Waals surface area contributed by atoms with Gasteiger partial charge < -0.3 is 4.90 Å². The van der Waals surface area contributed by atoms with Crippen molar-refractivity contribution < 1.29 is 4.79 Å². The second-order valence-electron chi connectivity index (χ2n) is 6.26. The number of ketones is 1. The number of thiazole rings is 1. The van der Waals surface area contributed by atoms with Crippen molar-refractivity contribution in [3.63, 3.8) is 0 Å². The largest absolute Gasteiger partial charge is 0.345 e. The Hall–Kier alpha value is -0.900. The van der Waals surface area contributed by atoms with Gasteiger partial charge in [-0.1, -0.05) is 13.8 Å². The van der Waals surface area contributed by atoms with Gasteiger partial charge in [0.1, 0.15) is 5.69 Å². The summed E-state index contributed by atoms with van der Waals surface area (Å²) in [6, 6.07) is 0.527. The van der Waals surface area contributed by atoms with Crippen LogP contribution in [0.5, 0.6) is 0 Å². The van der Waals surface area contributed by atoms with E-state index in [0.717, 1.165) is 30.2 Å². The van der Waals surface area contributed by atoms with Gasteiger partial charge in [0.15, 0.2) is 10.9 Å². The minimum absolute atomic E-state index is 0.245. The topological polar surface area (TPSA) is 33.2 Å². The predicted molar refractivity (Wildman–Crippen MR) is 79.1 cm³/mol. The Morgan fingerprint density at radius 1 is 1.26 bits per heavy atom. The van der Waals surface area contributed by atoms with E-state index in [2.05, 4.69) is 30.7 Å². The summed E-state index contributed by atoms with van der Waals surface area (Å²) in [6.45, 7) is 8.00. The van der Waals surface area contributed by atoms with Gasteiger partial charge in [-0.25, -0.2) is 4.98 Å². The molecule has 3 atom stereocenters. The first-order chi connectivity index (χ1) is 9.06. The van der Waals surface area contributed by atoms with E-state index in [1.54, 1.807) is 11.3 Å². The summed E-state index contributed by atoms with van der Waals surface area (Å²) in [5, 5.41) is 1.08. The molecule has 1 aliphatic heterocycles. The number of nitrogens with zero attached hydrogens (tertiary/aromatic N) is 2. The molecule has 0 saturated carbocycles. The van der Waals surface area contributed by atoms with Crippen molar-refractivity contribution in [3.8, 4) is 0 Å². The molecule has 3 rings (SSSR count). The maximum Gasteiger partial charge on any atom is 0.186 e. The van der Waals surface area contributed by atoms with Gasteiger partial charge in [-0.05, 0) is 38.0 Å². The fraction of sp³-hybridized carbons (Fsp3) is 0.733. The molecule has 0 N–H and O–H groups in total. The van der Waals surface area contributed by atoms with Crippen molar-refractivity contribution in [2.24, 2.45) is 11.8 Å². The third-order valence-electron chi connectivity index (χ3n) is 4.60. The number of hydrogen-bond acceptors (Lipinski definition) is 4. The number of carbonyl (C=O) groups is 1. The summed E-state index contributed by atoms with van der Waals surface area (Å²) < 4.78 is 0. The lowest BCUT2D eigenvalue weighted by Gasteiger charge is -2.41. The Morgan fingerprint density at radius 3 is 2.79 bits per heavy atom. The van der Waals surface area contributed by atoms with Crippen LogP contribution in [0.4, 0.5) is 5.13 Å². The summed E-state index contributed by atoms with van der Waals surface area (Å²) in [6.07, 6.45) is 4.00. The first-order valence-corrected chi connectivity index (χ1v) is 8.17. The maximum absolute atomic E-state index is 11.9. The standard InChI is InChI=1S/C15H22N2OS/c1-9-7-10(2)11(3)17(8-9)15-16-14-12(18)5-4-6-13(14)19-15/h9-11H,4-8H2,1-3H3. The first-order valence-electron chi connectivity index (χ1n) is 7.35. The summed E-state index contributed by atoms with van der Waals surface area (Å²) in [4.78, 5) is 20.2. The molecule has 0 spiro atoms. The molecule has 4 heteroatoms. The van der Waals surface area contributed by atoms with Crippen LogP contribution < -0.4 is 4.90 Å². The third-order valence-corrected chi connectivity index (χ3v) is 5.75. The Kier molecular flexibility index (Phi) is 3.37. The number of fused-ring (bicyclic) bond motifs is 1. The fourth-order valence-corrected chi connectivity index (χ4v) is 4.56. The smallest absolute Gasteiger partial charge is 0.186 e. The number of aryl methyl sites for hydroxylation is 1. The van der Waals surface area contributed by atoms with Gasteiger partial charge in [-0.3, -0.25) is 4.79 Å². The minimum Gasteiger partial charge on any atom is -0.345 e. The molecule has 0 bridgehead atoms. The summed E-state index contributed by atoms with van der Waals surface area (Å²) in [5.74, 6) is 1.65. The van der Waals surface area contributed by atoms with Crippen LogP contribution in [0.25, 0.3) is 0 Å². The normalized spacial score (nSPS) is 31.4.